The number of pyridine rings is 1. The van der Waals surface area contributed by atoms with Gasteiger partial charge in [-0.2, -0.15) is 0 Å². The molecular formula is C19H12BrFN2. The van der Waals surface area contributed by atoms with E-state index in [4.69, 9.17) is 4.98 Å². The van der Waals surface area contributed by atoms with E-state index in [0.717, 1.165) is 37.7 Å². The van der Waals surface area contributed by atoms with Crippen LogP contribution in [0.15, 0.2) is 71.2 Å². The summed E-state index contributed by atoms with van der Waals surface area (Å²) >= 11 is 3.52. The summed E-state index contributed by atoms with van der Waals surface area (Å²) in [6, 6.07) is 20.4. The molecule has 0 aliphatic carbocycles. The molecule has 0 amide bonds. The molecule has 1 N–H and O–H groups in total. The molecule has 0 unspecified atom stereocenters. The summed E-state index contributed by atoms with van der Waals surface area (Å²) in [4.78, 5) is 4.71. The first kappa shape index (κ1) is 14.2. The lowest BCUT2D eigenvalue weighted by atomic mass is 10.1. The standard InChI is InChI=1S/C19H12BrFN2/c20-12-5-10-18-16(11-12)19(15-3-1-2-4-17(15)23-18)22-14-8-6-13(21)7-9-14/h1-11H,(H,22,23). The summed E-state index contributed by atoms with van der Waals surface area (Å²) < 4.78 is 14.1. The molecule has 0 fully saturated rings. The Morgan fingerprint density at radius 3 is 2.39 bits per heavy atom. The molecule has 0 aliphatic heterocycles. The van der Waals surface area contributed by atoms with Crippen molar-refractivity contribution in [2.45, 2.75) is 0 Å². The highest BCUT2D eigenvalue weighted by atomic mass is 79.9. The van der Waals surface area contributed by atoms with Crippen LogP contribution in [0.5, 0.6) is 0 Å². The van der Waals surface area contributed by atoms with E-state index < -0.39 is 0 Å². The van der Waals surface area contributed by atoms with Crippen molar-refractivity contribution in [2.24, 2.45) is 0 Å². The summed E-state index contributed by atoms with van der Waals surface area (Å²) in [5, 5.41) is 5.46. The lowest BCUT2D eigenvalue weighted by Gasteiger charge is -2.13. The smallest absolute Gasteiger partial charge is 0.123 e. The van der Waals surface area contributed by atoms with Crippen LogP contribution >= 0.6 is 15.9 Å². The van der Waals surface area contributed by atoms with Gasteiger partial charge in [0.2, 0.25) is 0 Å². The number of anilines is 2. The van der Waals surface area contributed by atoms with Crippen LogP contribution in [0.4, 0.5) is 15.8 Å². The van der Waals surface area contributed by atoms with Gasteiger partial charge in [0, 0.05) is 20.9 Å². The fourth-order valence-corrected chi connectivity index (χ4v) is 3.04. The number of rotatable bonds is 2. The number of nitrogens with one attached hydrogen (secondary N) is 1. The highest BCUT2D eigenvalue weighted by Gasteiger charge is 2.10. The molecule has 112 valence electrons. The van der Waals surface area contributed by atoms with Crippen molar-refractivity contribution in [3.8, 4) is 0 Å². The van der Waals surface area contributed by atoms with Crippen LogP contribution in [-0.2, 0) is 0 Å². The molecule has 0 saturated carbocycles. The first-order chi connectivity index (χ1) is 11.2. The molecule has 4 aromatic rings. The number of nitrogens with zero attached hydrogens (tertiary/aromatic N) is 1. The third kappa shape index (κ3) is 2.66. The molecule has 4 rings (SSSR count). The summed E-state index contributed by atoms with van der Waals surface area (Å²) in [6.45, 7) is 0. The average Bonchev–Trinajstić information content (AvgIpc) is 2.57. The maximum absolute atomic E-state index is 13.1. The summed E-state index contributed by atoms with van der Waals surface area (Å²) in [5.41, 5.74) is 3.64. The van der Waals surface area contributed by atoms with Crippen molar-refractivity contribution < 1.29 is 4.39 Å². The molecule has 0 radical (unpaired) electrons. The molecule has 0 saturated heterocycles. The van der Waals surface area contributed by atoms with Crippen molar-refractivity contribution in [1.82, 2.24) is 4.98 Å². The van der Waals surface area contributed by atoms with E-state index in [-0.39, 0.29) is 5.82 Å². The molecule has 0 bridgehead atoms. The van der Waals surface area contributed by atoms with Gasteiger partial charge in [-0.05, 0) is 48.5 Å². The van der Waals surface area contributed by atoms with Gasteiger partial charge in [-0.3, -0.25) is 0 Å². The molecule has 4 heteroatoms. The number of halogens is 2. The van der Waals surface area contributed by atoms with Crippen LogP contribution in [0.3, 0.4) is 0 Å². The maximum Gasteiger partial charge on any atom is 0.123 e. The maximum atomic E-state index is 13.1. The van der Waals surface area contributed by atoms with Gasteiger partial charge in [0.25, 0.3) is 0 Å². The molecule has 0 atom stereocenters. The fraction of sp³-hybridized carbons (Fsp3) is 0. The molecule has 0 spiro atoms. The Morgan fingerprint density at radius 2 is 1.57 bits per heavy atom. The molecule has 3 aromatic carbocycles. The lowest BCUT2D eigenvalue weighted by molar-refractivity contribution is 0.628. The highest BCUT2D eigenvalue weighted by Crippen LogP contribution is 2.34. The van der Waals surface area contributed by atoms with Gasteiger partial charge in [0.1, 0.15) is 5.82 Å². The van der Waals surface area contributed by atoms with Crippen LogP contribution in [0, 0.1) is 5.82 Å². The highest BCUT2D eigenvalue weighted by molar-refractivity contribution is 9.10. The Morgan fingerprint density at radius 1 is 0.826 bits per heavy atom. The van der Waals surface area contributed by atoms with Crippen LogP contribution in [-0.4, -0.2) is 4.98 Å². The van der Waals surface area contributed by atoms with E-state index in [2.05, 4.69) is 21.2 Å². The largest absolute Gasteiger partial charge is 0.354 e. The van der Waals surface area contributed by atoms with Crippen LogP contribution < -0.4 is 5.32 Å². The lowest BCUT2D eigenvalue weighted by Crippen LogP contribution is -1.95. The monoisotopic (exact) mass is 366 g/mol. The van der Waals surface area contributed by atoms with Gasteiger partial charge in [-0.15, -0.1) is 0 Å². The Bertz CT molecular complexity index is 1010. The number of hydrogen-bond acceptors (Lipinski definition) is 2. The Hall–Kier alpha value is -2.46. The SMILES string of the molecule is Fc1ccc(Nc2c3ccccc3nc3ccc(Br)cc23)cc1. The second-order valence-electron chi connectivity index (χ2n) is 5.30. The summed E-state index contributed by atoms with van der Waals surface area (Å²) in [7, 11) is 0. The minimum Gasteiger partial charge on any atom is -0.354 e. The average molecular weight is 367 g/mol. The first-order valence-electron chi connectivity index (χ1n) is 7.21. The van der Waals surface area contributed by atoms with E-state index in [1.807, 2.05) is 42.5 Å². The van der Waals surface area contributed by atoms with E-state index in [1.165, 1.54) is 12.1 Å². The van der Waals surface area contributed by atoms with Crippen molar-refractivity contribution in [3.63, 3.8) is 0 Å². The number of benzene rings is 3. The molecule has 1 aromatic heterocycles. The zero-order valence-electron chi connectivity index (χ0n) is 12.1. The van der Waals surface area contributed by atoms with Crippen LogP contribution in [0.25, 0.3) is 21.8 Å². The van der Waals surface area contributed by atoms with Crippen molar-refractivity contribution >= 4 is 49.1 Å². The van der Waals surface area contributed by atoms with Gasteiger partial charge in [-0.1, -0.05) is 34.1 Å². The third-order valence-corrected chi connectivity index (χ3v) is 4.25. The van der Waals surface area contributed by atoms with Crippen LogP contribution in [0.1, 0.15) is 0 Å². The van der Waals surface area contributed by atoms with Gasteiger partial charge >= 0.3 is 0 Å². The zero-order valence-corrected chi connectivity index (χ0v) is 13.6. The minimum absolute atomic E-state index is 0.247. The third-order valence-electron chi connectivity index (χ3n) is 3.76. The Kier molecular flexibility index (Phi) is 3.46. The summed E-state index contributed by atoms with van der Waals surface area (Å²) in [5.74, 6) is -0.247. The van der Waals surface area contributed by atoms with Crippen molar-refractivity contribution in [2.75, 3.05) is 5.32 Å². The number of fused-ring (bicyclic) bond motifs is 2. The molecular weight excluding hydrogens is 355 g/mol. The van der Waals surface area contributed by atoms with E-state index >= 15 is 0 Å². The normalized spacial score (nSPS) is 11.0. The Labute approximate surface area is 141 Å². The number of para-hydroxylation sites is 1. The van der Waals surface area contributed by atoms with Gasteiger partial charge in [0.15, 0.2) is 0 Å². The quantitative estimate of drug-likeness (QED) is 0.438. The molecule has 23 heavy (non-hydrogen) atoms. The topological polar surface area (TPSA) is 24.9 Å². The fourth-order valence-electron chi connectivity index (χ4n) is 2.68. The van der Waals surface area contributed by atoms with Gasteiger partial charge in [-0.25, -0.2) is 9.37 Å². The van der Waals surface area contributed by atoms with Crippen molar-refractivity contribution in [1.29, 1.82) is 0 Å². The van der Waals surface area contributed by atoms with E-state index in [9.17, 15) is 4.39 Å². The number of hydrogen-bond donors (Lipinski definition) is 1. The first-order valence-corrected chi connectivity index (χ1v) is 8.00. The number of aromatic nitrogens is 1. The van der Waals surface area contributed by atoms with Gasteiger partial charge < -0.3 is 5.32 Å². The second kappa shape index (κ2) is 5.63. The molecule has 0 aliphatic rings. The summed E-state index contributed by atoms with van der Waals surface area (Å²) in [6.07, 6.45) is 0. The van der Waals surface area contributed by atoms with E-state index in [1.54, 1.807) is 12.1 Å². The van der Waals surface area contributed by atoms with Crippen molar-refractivity contribution in [3.05, 3.63) is 77.0 Å². The predicted octanol–water partition coefficient (Wildman–Crippen LogP) is 6.03. The minimum atomic E-state index is -0.247. The second-order valence-corrected chi connectivity index (χ2v) is 6.21. The molecule has 1 heterocycles. The Balaban J connectivity index is 1.99. The van der Waals surface area contributed by atoms with E-state index in [0.29, 0.717) is 0 Å². The predicted molar refractivity (Wildman–Crippen MR) is 96.6 cm³/mol. The molecule has 2 nitrogen and oxygen atoms in total. The van der Waals surface area contributed by atoms with Gasteiger partial charge in [0.05, 0.1) is 16.7 Å². The zero-order chi connectivity index (χ0) is 15.8. The van der Waals surface area contributed by atoms with Crippen LogP contribution in [0.2, 0.25) is 0 Å².